The van der Waals surface area contributed by atoms with E-state index < -0.39 is 0 Å². The van der Waals surface area contributed by atoms with E-state index in [1.165, 1.54) is 0 Å². The summed E-state index contributed by atoms with van der Waals surface area (Å²) in [7, 11) is 2.02. The number of carbonyl (C=O) groups excluding carboxylic acids is 1. The summed E-state index contributed by atoms with van der Waals surface area (Å²) in [5.41, 5.74) is 8.32. The van der Waals surface area contributed by atoms with Gasteiger partial charge in [0.2, 0.25) is 5.91 Å². The Balaban J connectivity index is 0.00000242. The molecule has 0 aliphatic heterocycles. The number of benzene rings is 1. The van der Waals surface area contributed by atoms with Gasteiger partial charge in [-0.3, -0.25) is 4.79 Å². The van der Waals surface area contributed by atoms with E-state index in [2.05, 4.69) is 30.7 Å². The lowest BCUT2D eigenvalue weighted by molar-refractivity contribution is -0.116. The number of aryl methyl sites for hydroxylation is 1. The van der Waals surface area contributed by atoms with E-state index in [1.54, 1.807) is 0 Å². The summed E-state index contributed by atoms with van der Waals surface area (Å²) in [5, 5.41) is 2.86. The van der Waals surface area contributed by atoms with Crippen molar-refractivity contribution in [3.8, 4) is 0 Å². The fourth-order valence-corrected chi connectivity index (χ4v) is 2.45. The first-order chi connectivity index (χ1) is 9.68. The number of anilines is 1. The van der Waals surface area contributed by atoms with Gasteiger partial charge in [0, 0.05) is 30.6 Å². The summed E-state index contributed by atoms with van der Waals surface area (Å²) < 4.78 is 2.10. The van der Waals surface area contributed by atoms with E-state index in [9.17, 15) is 4.79 Å². The lowest BCUT2D eigenvalue weighted by Crippen LogP contribution is -2.23. The summed E-state index contributed by atoms with van der Waals surface area (Å²) in [4.78, 5) is 16.5. The molecule has 1 aromatic heterocycles. The zero-order chi connectivity index (χ0) is 15.8. The van der Waals surface area contributed by atoms with Crippen LogP contribution in [-0.4, -0.2) is 21.5 Å². The second-order valence-electron chi connectivity index (χ2n) is 6.68. The maximum Gasteiger partial charge on any atom is 0.225 e. The molecular weight excluding hydrogens is 300 g/mol. The Labute approximate surface area is 137 Å². The van der Waals surface area contributed by atoms with Gasteiger partial charge in [0.15, 0.2) is 0 Å². The van der Waals surface area contributed by atoms with Gasteiger partial charge in [0.25, 0.3) is 0 Å². The zero-order valence-corrected chi connectivity index (χ0v) is 14.6. The number of carbonyl (C=O) groups is 1. The lowest BCUT2D eigenvalue weighted by Gasteiger charge is -2.17. The molecule has 122 valence electrons. The first-order valence-electron chi connectivity index (χ1n) is 7.21. The molecule has 0 fully saturated rings. The van der Waals surface area contributed by atoms with E-state index in [-0.39, 0.29) is 29.8 Å². The molecule has 1 aromatic carbocycles. The Hall–Kier alpha value is -1.59. The minimum Gasteiger partial charge on any atom is -0.331 e. The minimum absolute atomic E-state index is 0. The average molecular weight is 325 g/mol. The van der Waals surface area contributed by atoms with E-state index in [1.807, 2.05) is 32.2 Å². The molecule has 0 spiro atoms. The Morgan fingerprint density at radius 3 is 2.59 bits per heavy atom. The van der Waals surface area contributed by atoms with Gasteiger partial charge in [-0.15, -0.1) is 12.4 Å². The molecule has 2 aromatic rings. The fraction of sp³-hybridized carbons (Fsp3) is 0.500. The highest BCUT2D eigenvalue weighted by Crippen LogP contribution is 2.26. The van der Waals surface area contributed by atoms with Crippen LogP contribution in [0, 0.1) is 0 Å². The molecule has 1 amide bonds. The highest BCUT2D eigenvalue weighted by Gasteiger charge is 2.21. The Morgan fingerprint density at radius 1 is 1.41 bits per heavy atom. The van der Waals surface area contributed by atoms with Crippen LogP contribution in [0.1, 0.15) is 39.9 Å². The Morgan fingerprint density at radius 2 is 2.05 bits per heavy atom. The number of imidazole rings is 1. The Kier molecular flexibility index (Phi) is 5.59. The first kappa shape index (κ1) is 18.5. The second kappa shape index (κ2) is 6.67. The molecule has 22 heavy (non-hydrogen) atoms. The van der Waals surface area contributed by atoms with Crippen LogP contribution in [0.5, 0.6) is 0 Å². The third-order valence-electron chi connectivity index (χ3n) is 3.34. The number of aromatic nitrogens is 2. The summed E-state index contributed by atoms with van der Waals surface area (Å²) in [6.45, 7) is 8.23. The van der Waals surface area contributed by atoms with Gasteiger partial charge in [0.1, 0.15) is 5.82 Å². The molecule has 6 heteroatoms. The van der Waals surface area contributed by atoms with Crippen molar-refractivity contribution < 1.29 is 4.79 Å². The van der Waals surface area contributed by atoms with Gasteiger partial charge in [-0.2, -0.15) is 0 Å². The summed E-state index contributed by atoms with van der Waals surface area (Å²) in [6, 6.07) is 5.65. The number of hydrogen-bond donors (Lipinski definition) is 2. The SMILES string of the molecule is CC(N)CC(=O)Nc1ccc2c(c1)nc(C(C)(C)C)n2C.Cl. The number of halogens is 1. The molecular formula is C16H25ClN4O. The molecule has 0 aliphatic carbocycles. The van der Waals surface area contributed by atoms with Crippen LogP contribution in [0.4, 0.5) is 5.69 Å². The highest BCUT2D eigenvalue weighted by molar-refractivity contribution is 5.93. The molecule has 0 saturated heterocycles. The largest absolute Gasteiger partial charge is 0.331 e. The Bertz CT molecular complexity index is 671. The van der Waals surface area contributed by atoms with Gasteiger partial charge in [-0.25, -0.2) is 4.98 Å². The highest BCUT2D eigenvalue weighted by atomic mass is 35.5. The fourth-order valence-electron chi connectivity index (χ4n) is 2.45. The number of nitrogens with zero attached hydrogens (tertiary/aromatic N) is 2. The molecule has 0 bridgehead atoms. The summed E-state index contributed by atoms with van der Waals surface area (Å²) in [6.07, 6.45) is 0.313. The topological polar surface area (TPSA) is 72.9 Å². The summed E-state index contributed by atoms with van der Waals surface area (Å²) in [5.74, 6) is 0.952. The van der Waals surface area contributed by atoms with Crippen molar-refractivity contribution in [2.75, 3.05) is 5.32 Å². The second-order valence-corrected chi connectivity index (χ2v) is 6.68. The van der Waals surface area contributed by atoms with Crippen LogP contribution in [0.3, 0.4) is 0 Å². The summed E-state index contributed by atoms with van der Waals surface area (Å²) >= 11 is 0. The standard InChI is InChI=1S/C16H24N4O.ClH/c1-10(17)8-14(21)18-11-6-7-13-12(9-11)19-15(20(13)5)16(2,3)4;/h6-7,9-10H,8,17H2,1-5H3,(H,18,21);1H. The van der Waals surface area contributed by atoms with Crippen molar-refractivity contribution in [3.05, 3.63) is 24.0 Å². The third kappa shape index (κ3) is 3.99. The van der Waals surface area contributed by atoms with Crippen LogP contribution in [0.25, 0.3) is 11.0 Å². The molecule has 1 unspecified atom stereocenters. The van der Waals surface area contributed by atoms with Gasteiger partial charge in [-0.05, 0) is 25.1 Å². The number of rotatable bonds is 3. The van der Waals surface area contributed by atoms with E-state index in [0.29, 0.717) is 6.42 Å². The van der Waals surface area contributed by atoms with Crippen molar-refractivity contribution in [1.29, 1.82) is 0 Å². The van der Waals surface area contributed by atoms with Gasteiger partial charge >= 0.3 is 0 Å². The molecule has 0 aliphatic rings. The van der Waals surface area contributed by atoms with E-state index in [0.717, 1.165) is 22.5 Å². The number of fused-ring (bicyclic) bond motifs is 1. The number of nitrogens with one attached hydrogen (secondary N) is 1. The van der Waals surface area contributed by atoms with Gasteiger partial charge in [0.05, 0.1) is 11.0 Å². The molecule has 2 rings (SSSR count). The van der Waals surface area contributed by atoms with Crippen molar-refractivity contribution >= 4 is 35.0 Å². The van der Waals surface area contributed by atoms with Crippen LogP contribution >= 0.6 is 12.4 Å². The van der Waals surface area contributed by atoms with E-state index >= 15 is 0 Å². The van der Waals surface area contributed by atoms with Crippen molar-refractivity contribution in [3.63, 3.8) is 0 Å². The smallest absolute Gasteiger partial charge is 0.225 e. The monoisotopic (exact) mass is 324 g/mol. The van der Waals surface area contributed by atoms with Crippen LogP contribution in [-0.2, 0) is 17.3 Å². The quantitative estimate of drug-likeness (QED) is 0.911. The zero-order valence-electron chi connectivity index (χ0n) is 13.8. The molecule has 0 radical (unpaired) electrons. The van der Waals surface area contributed by atoms with E-state index in [4.69, 9.17) is 10.7 Å². The molecule has 3 N–H and O–H groups in total. The van der Waals surface area contributed by atoms with Crippen LogP contribution in [0.15, 0.2) is 18.2 Å². The molecule has 5 nitrogen and oxygen atoms in total. The number of amides is 1. The van der Waals surface area contributed by atoms with Crippen LogP contribution in [0.2, 0.25) is 0 Å². The lowest BCUT2D eigenvalue weighted by atomic mass is 9.96. The third-order valence-corrected chi connectivity index (χ3v) is 3.34. The van der Waals surface area contributed by atoms with Gasteiger partial charge in [-0.1, -0.05) is 20.8 Å². The maximum atomic E-state index is 11.8. The normalized spacial score (nSPS) is 12.8. The van der Waals surface area contributed by atoms with Crippen molar-refractivity contribution in [2.45, 2.75) is 45.6 Å². The average Bonchev–Trinajstić information content (AvgIpc) is 2.65. The van der Waals surface area contributed by atoms with Gasteiger partial charge < -0.3 is 15.6 Å². The maximum absolute atomic E-state index is 11.8. The molecule has 1 heterocycles. The first-order valence-corrected chi connectivity index (χ1v) is 7.21. The number of hydrogen-bond acceptors (Lipinski definition) is 3. The number of nitrogens with two attached hydrogens (primary N) is 1. The predicted molar refractivity (Wildman–Crippen MR) is 93.6 cm³/mol. The molecule has 1 atom stereocenters. The predicted octanol–water partition coefficient (Wildman–Crippen LogP) is 2.97. The van der Waals surface area contributed by atoms with Crippen molar-refractivity contribution in [2.24, 2.45) is 12.8 Å². The van der Waals surface area contributed by atoms with Crippen molar-refractivity contribution in [1.82, 2.24) is 9.55 Å². The molecule has 0 saturated carbocycles. The minimum atomic E-state index is -0.143. The van der Waals surface area contributed by atoms with Crippen LogP contribution < -0.4 is 11.1 Å².